The molecule has 0 fully saturated rings. The van der Waals surface area contributed by atoms with E-state index in [0.717, 1.165) is 23.1 Å². The van der Waals surface area contributed by atoms with E-state index in [-0.39, 0.29) is 0 Å². The summed E-state index contributed by atoms with van der Waals surface area (Å²) in [4.78, 5) is 4.36. The van der Waals surface area contributed by atoms with E-state index in [1.807, 2.05) is 65.4 Å². The molecule has 0 saturated carbocycles. The van der Waals surface area contributed by atoms with E-state index in [1.54, 1.807) is 13.3 Å². The van der Waals surface area contributed by atoms with Gasteiger partial charge in [0.05, 0.1) is 12.8 Å². The van der Waals surface area contributed by atoms with E-state index in [0.29, 0.717) is 0 Å². The number of hydrogen-bond acceptors (Lipinski definition) is 3. The van der Waals surface area contributed by atoms with Gasteiger partial charge in [0, 0.05) is 18.1 Å². The highest BCUT2D eigenvalue weighted by atomic mass is 16.5. The summed E-state index contributed by atoms with van der Waals surface area (Å²) in [5, 5.41) is 3.30. The maximum Gasteiger partial charge on any atom is 0.212 e. The number of aromatic nitrogens is 2. The Labute approximate surface area is 117 Å². The van der Waals surface area contributed by atoms with Crippen molar-refractivity contribution in [3.8, 4) is 11.4 Å². The molecule has 0 spiro atoms. The molecule has 0 aliphatic heterocycles. The number of anilines is 2. The van der Waals surface area contributed by atoms with E-state index in [9.17, 15) is 0 Å². The van der Waals surface area contributed by atoms with Crippen molar-refractivity contribution in [1.82, 2.24) is 9.55 Å². The van der Waals surface area contributed by atoms with E-state index >= 15 is 0 Å². The molecule has 0 bridgehead atoms. The molecule has 0 saturated heterocycles. The highest BCUT2D eigenvalue weighted by molar-refractivity contribution is 5.63. The minimum absolute atomic E-state index is 0.751. The number of ether oxygens (including phenoxy) is 1. The summed E-state index contributed by atoms with van der Waals surface area (Å²) < 4.78 is 7.33. The van der Waals surface area contributed by atoms with Gasteiger partial charge in [-0.2, -0.15) is 0 Å². The zero-order valence-electron chi connectivity index (χ0n) is 11.2. The Morgan fingerprint density at radius 2 is 1.75 bits per heavy atom. The van der Waals surface area contributed by atoms with Crippen LogP contribution in [0, 0.1) is 0 Å². The number of imidazole rings is 1. The normalized spacial score (nSPS) is 10.2. The second-order valence-corrected chi connectivity index (χ2v) is 4.28. The molecule has 4 nitrogen and oxygen atoms in total. The molecule has 100 valence electrons. The van der Waals surface area contributed by atoms with Gasteiger partial charge in [-0.3, -0.25) is 4.57 Å². The lowest BCUT2D eigenvalue weighted by Crippen LogP contribution is -2.02. The summed E-state index contributed by atoms with van der Waals surface area (Å²) in [6.45, 7) is 0. The molecule has 20 heavy (non-hydrogen) atoms. The number of benzene rings is 2. The highest BCUT2D eigenvalue weighted by Gasteiger charge is 2.07. The number of nitrogens with zero attached hydrogens (tertiary/aromatic N) is 2. The number of para-hydroxylation sites is 3. The smallest absolute Gasteiger partial charge is 0.212 e. The van der Waals surface area contributed by atoms with Crippen LogP contribution in [-0.2, 0) is 0 Å². The molecule has 2 aromatic carbocycles. The van der Waals surface area contributed by atoms with Crippen molar-refractivity contribution >= 4 is 11.6 Å². The lowest BCUT2D eigenvalue weighted by Gasteiger charge is -2.12. The van der Waals surface area contributed by atoms with Crippen molar-refractivity contribution in [3.05, 3.63) is 67.0 Å². The van der Waals surface area contributed by atoms with Crippen LogP contribution in [0.3, 0.4) is 0 Å². The van der Waals surface area contributed by atoms with Gasteiger partial charge in [-0.1, -0.05) is 30.3 Å². The molecule has 0 radical (unpaired) electrons. The summed E-state index contributed by atoms with van der Waals surface area (Å²) >= 11 is 0. The molecule has 3 rings (SSSR count). The van der Waals surface area contributed by atoms with Gasteiger partial charge in [0.25, 0.3) is 0 Å². The van der Waals surface area contributed by atoms with Crippen LogP contribution in [0.1, 0.15) is 0 Å². The first-order chi connectivity index (χ1) is 9.88. The Bertz CT molecular complexity index is 692. The molecular formula is C16H15N3O. The van der Waals surface area contributed by atoms with Crippen molar-refractivity contribution in [3.63, 3.8) is 0 Å². The average Bonchev–Trinajstić information content (AvgIpc) is 2.97. The maximum atomic E-state index is 5.34. The topological polar surface area (TPSA) is 39.1 Å². The van der Waals surface area contributed by atoms with Gasteiger partial charge in [0.1, 0.15) is 5.75 Å². The Kier molecular flexibility index (Phi) is 3.37. The van der Waals surface area contributed by atoms with E-state index in [2.05, 4.69) is 10.3 Å². The van der Waals surface area contributed by atoms with Crippen molar-refractivity contribution in [1.29, 1.82) is 0 Å². The predicted molar refractivity (Wildman–Crippen MR) is 79.8 cm³/mol. The third kappa shape index (κ3) is 2.36. The summed E-state index contributed by atoms with van der Waals surface area (Å²) in [6, 6.07) is 17.8. The minimum atomic E-state index is 0.751. The zero-order valence-corrected chi connectivity index (χ0v) is 11.2. The van der Waals surface area contributed by atoms with Gasteiger partial charge in [0.2, 0.25) is 5.95 Å². The second kappa shape index (κ2) is 5.48. The predicted octanol–water partition coefficient (Wildman–Crippen LogP) is 3.62. The third-order valence-corrected chi connectivity index (χ3v) is 3.03. The Balaban J connectivity index is 1.95. The van der Waals surface area contributed by atoms with Gasteiger partial charge in [-0.05, 0) is 24.3 Å². The fourth-order valence-electron chi connectivity index (χ4n) is 2.06. The van der Waals surface area contributed by atoms with Crippen molar-refractivity contribution in [2.45, 2.75) is 0 Å². The molecule has 1 aromatic heterocycles. The van der Waals surface area contributed by atoms with E-state index in [1.165, 1.54) is 0 Å². The quantitative estimate of drug-likeness (QED) is 0.783. The van der Waals surface area contributed by atoms with Gasteiger partial charge < -0.3 is 10.1 Å². The van der Waals surface area contributed by atoms with Gasteiger partial charge in [-0.25, -0.2) is 4.98 Å². The Morgan fingerprint density at radius 1 is 1.00 bits per heavy atom. The molecule has 0 amide bonds. The van der Waals surface area contributed by atoms with Crippen LogP contribution >= 0.6 is 0 Å². The fraction of sp³-hybridized carbons (Fsp3) is 0.0625. The molecule has 1 N–H and O–H groups in total. The second-order valence-electron chi connectivity index (χ2n) is 4.28. The van der Waals surface area contributed by atoms with Crippen LogP contribution in [0.5, 0.6) is 5.75 Å². The van der Waals surface area contributed by atoms with Crippen LogP contribution in [-0.4, -0.2) is 16.7 Å². The molecule has 0 aliphatic rings. The summed E-state index contributed by atoms with van der Waals surface area (Å²) in [6.07, 6.45) is 3.69. The molecule has 3 aromatic rings. The molecular weight excluding hydrogens is 250 g/mol. The number of rotatable bonds is 4. The average molecular weight is 265 g/mol. The molecule has 1 heterocycles. The lowest BCUT2D eigenvalue weighted by atomic mass is 10.3. The molecule has 0 unspecified atom stereocenters. The highest BCUT2D eigenvalue weighted by Crippen LogP contribution is 2.27. The lowest BCUT2D eigenvalue weighted by molar-refractivity contribution is 0.417. The Morgan fingerprint density at radius 3 is 2.55 bits per heavy atom. The van der Waals surface area contributed by atoms with E-state index in [4.69, 9.17) is 4.74 Å². The van der Waals surface area contributed by atoms with Crippen molar-refractivity contribution < 1.29 is 4.74 Å². The van der Waals surface area contributed by atoms with Crippen LogP contribution in [0.2, 0.25) is 0 Å². The molecule has 0 aliphatic carbocycles. The molecule has 0 atom stereocenters. The first-order valence-electron chi connectivity index (χ1n) is 6.37. The van der Waals surface area contributed by atoms with Crippen molar-refractivity contribution in [2.75, 3.05) is 12.4 Å². The van der Waals surface area contributed by atoms with Gasteiger partial charge >= 0.3 is 0 Å². The summed E-state index contributed by atoms with van der Waals surface area (Å²) in [5.41, 5.74) is 1.95. The number of hydrogen-bond donors (Lipinski definition) is 1. The fourth-order valence-corrected chi connectivity index (χ4v) is 2.06. The maximum absolute atomic E-state index is 5.34. The largest absolute Gasteiger partial charge is 0.495 e. The number of methoxy groups -OCH3 is 1. The zero-order chi connectivity index (χ0) is 13.8. The molecule has 4 heteroatoms. The SMILES string of the molecule is COc1ccccc1Nc1nccn1-c1ccccc1. The van der Waals surface area contributed by atoms with Crippen LogP contribution in [0.15, 0.2) is 67.0 Å². The van der Waals surface area contributed by atoms with Gasteiger partial charge in [0.15, 0.2) is 0 Å². The first kappa shape index (κ1) is 12.3. The van der Waals surface area contributed by atoms with Gasteiger partial charge in [-0.15, -0.1) is 0 Å². The summed E-state index contributed by atoms with van der Waals surface area (Å²) in [7, 11) is 1.66. The van der Waals surface area contributed by atoms with Crippen LogP contribution < -0.4 is 10.1 Å². The Hall–Kier alpha value is -2.75. The number of nitrogens with one attached hydrogen (secondary N) is 1. The van der Waals surface area contributed by atoms with Crippen LogP contribution in [0.25, 0.3) is 5.69 Å². The third-order valence-electron chi connectivity index (χ3n) is 3.03. The standard InChI is InChI=1S/C16H15N3O/c1-20-15-10-6-5-9-14(15)18-16-17-11-12-19(16)13-7-3-2-4-8-13/h2-12H,1H3,(H,17,18). The van der Waals surface area contributed by atoms with E-state index < -0.39 is 0 Å². The van der Waals surface area contributed by atoms with Crippen molar-refractivity contribution in [2.24, 2.45) is 0 Å². The summed E-state index contributed by atoms with van der Waals surface area (Å²) in [5.74, 6) is 1.54. The minimum Gasteiger partial charge on any atom is -0.495 e. The first-order valence-corrected chi connectivity index (χ1v) is 6.37. The van der Waals surface area contributed by atoms with Crippen LogP contribution in [0.4, 0.5) is 11.6 Å². The monoisotopic (exact) mass is 265 g/mol.